The lowest BCUT2D eigenvalue weighted by Crippen LogP contribution is -2.26. The number of amides is 1. The Labute approximate surface area is 161 Å². The summed E-state index contributed by atoms with van der Waals surface area (Å²) in [5.74, 6) is 0.440. The van der Waals surface area contributed by atoms with Gasteiger partial charge in [0.1, 0.15) is 5.82 Å². The zero-order valence-corrected chi connectivity index (χ0v) is 15.0. The highest BCUT2D eigenvalue weighted by atomic mass is 16.1. The van der Waals surface area contributed by atoms with E-state index in [1.165, 1.54) is 0 Å². The van der Waals surface area contributed by atoms with Gasteiger partial charge in [0.25, 0.3) is 5.91 Å². The number of fused-ring (bicyclic) bond motifs is 1. The summed E-state index contributed by atoms with van der Waals surface area (Å²) in [4.78, 5) is 21.5. The fourth-order valence-corrected chi connectivity index (χ4v) is 3.04. The number of carbonyl (C=O) groups is 1. The van der Waals surface area contributed by atoms with Crippen molar-refractivity contribution in [2.75, 3.05) is 5.32 Å². The Kier molecular flexibility index (Phi) is 3.97. The monoisotopic (exact) mass is 370 g/mol. The molecule has 138 valence electrons. The van der Waals surface area contributed by atoms with Crippen LogP contribution in [0.4, 0.5) is 11.5 Å². The SMILES string of the molecule is O=C(NC1CC1)c1cccnc1Nc1cccc(-c2cn3ncccc3n2)c1. The first kappa shape index (κ1) is 16.4. The number of pyridine rings is 1. The van der Waals surface area contributed by atoms with E-state index in [4.69, 9.17) is 0 Å². The normalized spacial score (nSPS) is 13.4. The van der Waals surface area contributed by atoms with Crippen molar-refractivity contribution in [3.05, 3.63) is 72.7 Å². The zero-order valence-electron chi connectivity index (χ0n) is 15.0. The number of hydrogen-bond acceptors (Lipinski definition) is 5. The molecule has 1 saturated carbocycles. The van der Waals surface area contributed by atoms with Crippen molar-refractivity contribution in [3.8, 4) is 11.3 Å². The van der Waals surface area contributed by atoms with Gasteiger partial charge in [0.15, 0.2) is 5.65 Å². The Morgan fingerprint density at radius 2 is 1.96 bits per heavy atom. The third kappa shape index (κ3) is 3.29. The predicted octanol–water partition coefficient (Wildman–Crippen LogP) is 3.43. The molecule has 4 aromatic rings. The first-order valence-electron chi connectivity index (χ1n) is 9.20. The van der Waals surface area contributed by atoms with E-state index in [1.807, 2.05) is 42.6 Å². The second-order valence-electron chi connectivity index (χ2n) is 6.81. The van der Waals surface area contributed by atoms with E-state index in [-0.39, 0.29) is 5.91 Å². The number of imidazole rings is 1. The number of rotatable bonds is 5. The van der Waals surface area contributed by atoms with Crippen molar-refractivity contribution in [3.63, 3.8) is 0 Å². The van der Waals surface area contributed by atoms with Crippen molar-refractivity contribution in [2.45, 2.75) is 18.9 Å². The van der Waals surface area contributed by atoms with Crippen LogP contribution in [0.3, 0.4) is 0 Å². The van der Waals surface area contributed by atoms with Crippen molar-refractivity contribution < 1.29 is 4.79 Å². The van der Waals surface area contributed by atoms with Gasteiger partial charge >= 0.3 is 0 Å². The van der Waals surface area contributed by atoms with E-state index in [9.17, 15) is 4.79 Å². The molecule has 2 N–H and O–H groups in total. The number of nitrogens with zero attached hydrogens (tertiary/aromatic N) is 4. The molecule has 0 atom stereocenters. The molecular formula is C21H18N6O. The molecule has 3 aromatic heterocycles. The van der Waals surface area contributed by atoms with Crippen LogP contribution in [0.5, 0.6) is 0 Å². The quantitative estimate of drug-likeness (QED) is 0.562. The van der Waals surface area contributed by atoms with E-state index < -0.39 is 0 Å². The summed E-state index contributed by atoms with van der Waals surface area (Å²) in [6.45, 7) is 0. The van der Waals surface area contributed by atoms with Gasteiger partial charge in [-0.3, -0.25) is 4.79 Å². The topological polar surface area (TPSA) is 84.2 Å². The summed E-state index contributed by atoms with van der Waals surface area (Å²) in [7, 11) is 0. The number of carbonyl (C=O) groups excluding carboxylic acids is 1. The largest absolute Gasteiger partial charge is 0.349 e. The van der Waals surface area contributed by atoms with Crippen LogP contribution in [0, 0.1) is 0 Å². The number of nitrogens with one attached hydrogen (secondary N) is 2. The average molecular weight is 370 g/mol. The minimum absolute atomic E-state index is 0.0966. The molecule has 1 aromatic carbocycles. The first-order chi connectivity index (χ1) is 13.8. The summed E-state index contributed by atoms with van der Waals surface area (Å²) in [5, 5.41) is 10.5. The van der Waals surface area contributed by atoms with Gasteiger partial charge in [-0.2, -0.15) is 5.10 Å². The molecule has 1 amide bonds. The fraction of sp³-hybridized carbons (Fsp3) is 0.143. The maximum atomic E-state index is 12.5. The summed E-state index contributed by atoms with van der Waals surface area (Å²) in [6.07, 6.45) is 7.39. The van der Waals surface area contributed by atoms with Gasteiger partial charge in [-0.05, 0) is 49.2 Å². The fourth-order valence-electron chi connectivity index (χ4n) is 3.04. The first-order valence-corrected chi connectivity index (χ1v) is 9.20. The molecule has 28 heavy (non-hydrogen) atoms. The van der Waals surface area contributed by atoms with Gasteiger partial charge < -0.3 is 10.6 Å². The van der Waals surface area contributed by atoms with Crippen LogP contribution in [0.15, 0.2) is 67.1 Å². The molecule has 1 aliphatic rings. The van der Waals surface area contributed by atoms with Gasteiger partial charge in [0.2, 0.25) is 0 Å². The standard InChI is InChI=1S/C21H18N6O/c28-21(25-15-8-9-15)17-6-2-10-22-20(17)24-16-5-1-4-14(12-16)18-13-27-19(26-18)7-3-11-23-27/h1-7,10-13,15H,8-9H2,(H,22,24)(H,25,28). The maximum absolute atomic E-state index is 12.5. The Bertz CT molecular complexity index is 1130. The second-order valence-corrected chi connectivity index (χ2v) is 6.81. The molecule has 7 heteroatoms. The highest BCUT2D eigenvalue weighted by Gasteiger charge is 2.25. The van der Waals surface area contributed by atoms with Crippen molar-refractivity contribution in [1.82, 2.24) is 24.9 Å². The third-order valence-corrected chi connectivity index (χ3v) is 4.62. The highest BCUT2D eigenvalue weighted by Crippen LogP contribution is 2.26. The van der Waals surface area contributed by atoms with E-state index >= 15 is 0 Å². The lowest BCUT2D eigenvalue weighted by molar-refractivity contribution is 0.0951. The van der Waals surface area contributed by atoms with Gasteiger partial charge in [-0.1, -0.05) is 12.1 Å². The molecule has 0 saturated heterocycles. The summed E-state index contributed by atoms with van der Waals surface area (Å²) in [5.41, 5.74) is 3.95. The molecule has 0 bridgehead atoms. The second kappa shape index (κ2) is 6.77. The molecule has 3 heterocycles. The van der Waals surface area contributed by atoms with Crippen LogP contribution in [0.2, 0.25) is 0 Å². The van der Waals surface area contributed by atoms with Crippen LogP contribution in [0.1, 0.15) is 23.2 Å². The minimum atomic E-state index is -0.0966. The summed E-state index contributed by atoms with van der Waals surface area (Å²) in [6, 6.07) is 15.5. The Morgan fingerprint density at radius 1 is 1.07 bits per heavy atom. The number of benzene rings is 1. The molecule has 1 aliphatic carbocycles. The van der Waals surface area contributed by atoms with E-state index in [0.29, 0.717) is 17.4 Å². The van der Waals surface area contributed by atoms with Crippen LogP contribution in [-0.2, 0) is 0 Å². The van der Waals surface area contributed by atoms with Gasteiger partial charge in [-0.15, -0.1) is 0 Å². The van der Waals surface area contributed by atoms with Crippen LogP contribution >= 0.6 is 0 Å². The molecule has 0 spiro atoms. The number of anilines is 2. The molecule has 0 unspecified atom stereocenters. The highest BCUT2D eigenvalue weighted by molar-refractivity contribution is 5.99. The van der Waals surface area contributed by atoms with Gasteiger partial charge in [-0.25, -0.2) is 14.5 Å². The van der Waals surface area contributed by atoms with Crippen molar-refractivity contribution in [2.24, 2.45) is 0 Å². The lowest BCUT2D eigenvalue weighted by Gasteiger charge is -2.11. The minimum Gasteiger partial charge on any atom is -0.349 e. The average Bonchev–Trinajstić information content (AvgIpc) is 3.42. The zero-order chi connectivity index (χ0) is 18.9. The predicted molar refractivity (Wildman–Crippen MR) is 106 cm³/mol. The molecular weight excluding hydrogens is 352 g/mol. The molecule has 5 rings (SSSR count). The van der Waals surface area contributed by atoms with Crippen LogP contribution in [0.25, 0.3) is 16.9 Å². The van der Waals surface area contributed by atoms with E-state index in [0.717, 1.165) is 35.4 Å². The number of hydrogen-bond donors (Lipinski definition) is 2. The molecule has 7 nitrogen and oxygen atoms in total. The van der Waals surface area contributed by atoms with Gasteiger partial charge in [0, 0.05) is 29.7 Å². The van der Waals surface area contributed by atoms with Crippen molar-refractivity contribution in [1.29, 1.82) is 0 Å². The Balaban J connectivity index is 1.43. The van der Waals surface area contributed by atoms with Crippen molar-refractivity contribution >= 4 is 23.1 Å². The summed E-state index contributed by atoms with van der Waals surface area (Å²) < 4.78 is 1.74. The lowest BCUT2D eigenvalue weighted by atomic mass is 10.1. The molecule has 0 aliphatic heterocycles. The molecule has 1 fully saturated rings. The smallest absolute Gasteiger partial charge is 0.255 e. The van der Waals surface area contributed by atoms with Crippen LogP contribution in [-0.4, -0.2) is 31.5 Å². The Hall–Kier alpha value is -3.74. The summed E-state index contributed by atoms with van der Waals surface area (Å²) >= 11 is 0. The van der Waals surface area contributed by atoms with E-state index in [2.05, 4.69) is 25.7 Å². The molecule has 0 radical (unpaired) electrons. The third-order valence-electron chi connectivity index (χ3n) is 4.62. The number of aromatic nitrogens is 4. The Morgan fingerprint density at radius 3 is 2.82 bits per heavy atom. The maximum Gasteiger partial charge on any atom is 0.255 e. The van der Waals surface area contributed by atoms with Gasteiger partial charge in [0.05, 0.1) is 17.5 Å². The van der Waals surface area contributed by atoms with E-state index in [1.54, 1.807) is 29.0 Å². The van der Waals surface area contributed by atoms with Crippen LogP contribution < -0.4 is 10.6 Å².